The number of benzene rings is 2. The van der Waals surface area contributed by atoms with Gasteiger partial charge in [0.1, 0.15) is 5.52 Å². The molecule has 100 valence electrons. The average molecular weight is 270 g/mol. The molecule has 1 aromatic heterocycles. The molecule has 0 aliphatic heterocycles. The first kappa shape index (κ1) is 12.8. The topological polar surface area (TPSA) is 58.3 Å². The van der Waals surface area contributed by atoms with E-state index in [1.54, 1.807) is 36.7 Å². The number of fused-ring (bicyclic) bond motifs is 1. The molecule has 0 saturated carbocycles. The Balaban J connectivity index is 1.91. The molecule has 0 bridgehead atoms. The third kappa shape index (κ3) is 2.31. The molecule has 4 nitrogen and oxygen atoms in total. The molecule has 0 radical (unpaired) electrons. The van der Waals surface area contributed by atoms with Crippen LogP contribution in [0.25, 0.3) is 11.0 Å². The van der Waals surface area contributed by atoms with Crippen LogP contribution in [0.1, 0.15) is 5.56 Å². The third-order valence-electron chi connectivity index (χ3n) is 3.23. The lowest BCUT2D eigenvalue weighted by Crippen LogP contribution is -2.29. The fourth-order valence-corrected chi connectivity index (χ4v) is 2.17. The van der Waals surface area contributed by atoms with Crippen LogP contribution in [0.2, 0.25) is 0 Å². The minimum Gasteiger partial charge on any atom is -0.423 e. The van der Waals surface area contributed by atoms with E-state index in [2.05, 4.69) is 4.98 Å². The predicted octanol–water partition coefficient (Wildman–Crippen LogP) is 0.903. The first-order valence-corrected chi connectivity index (χ1v) is 6.19. The highest BCUT2D eigenvalue weighted by molar-refractivity contribution is 6.58. The zero-order chi connectivity index (χ0) is 14.1. The van der Waals surface area contributed by atoms with Gasteiger partial charge in [0.25, 0.3) is 0 Å². The summed E-state index contributed by atoms with van der Waals surface area (Å²) in [7, 11) is -1.47. The maximum atomic E-state index is 13.5. The van der Waals surface area contributed by atoms with Gasteiger partial charge in [-0.05, 0) is 23.2 Å². The van der Waals surface area contributed by atoms with E-state index in [4.69, 9.17) is 10.0 Å². The summed E-state index contributed by atoms with van der Waals surface area (Å²) in [6.45, 7) is 0.543. The first-order valence-electron chi connectivity index (χ1n) is 6.19. The van der Waals surface area contributed by atoms with Crippen molar-refractivity contribution >= 4 is 23.6 Å². The van der Waals surface area contributed by atoms with Crippen LogP contribution >= 0.6 is 0 Å². The van der Waals surface area contributed by atoms with Crippen molar-refractivity contribution in [1.29, 1.82) is 0 Å². The van der Waals surface area contributed by atoms with E-state index < -0.39 is 7.12 Å². The predicted molar refractivity (Wildman–Crippen MR) is 75.1 cm³/mol. The molecule has 0 saturated heterocycles. The largest absolute Gasteiger partial charge is 0.488 e. The van der Waals surface area contributed by atoms with Crippen LogP contribution in [-0.4, -0.2) is 26.7 Å². The van der Waals surface area contributed by atoms with Crippen molar-refractivity contribution in [3.8, 4) is 0 Å². The van der Waals surface area contributed by atoms with Gasteiger partial charge >= 0.3 is 7.12 Å². The Morgan fingerprint density at radius 1 is 1.10 bits per heavy atom. The number of nitrogens with zero attached hydrogens (tertiary/aromatic N) is 2. The van der Waals surface area contributed by atoms with Gasteiger partial charge in [0.15, 0.2) is 5.82 Å². The maximum Gasteiger partial charge on any atom is 0.488 e. The number of aromatic nitrogens is 2. The summed E-state index contributed by atoms with van der Waals surface area (Å²) >= 11 is 0. The zero-order valence-corrected chi connectivity index (χ0v) is 10.6. The highest BCUT2D eigenvalue weighted by atomic mass is 19.1. The third-order valence-corrected chi connectivity index (χ3v) is 3.23. The van der Waals surface area contributed by atoms with Crippen molar-refractivity contribution in [2.75, 3.05) is 0 Å². The lowest BCUT2D eigenvalue weighted by atomic mass is 9.80. The summed E-state index contributed by atoms with van der Waals surface area (Å²) in [6.07, 6.45) is 1.60. The normalized spacial score (nSPS) is 10.9. The Kier molecular flexibility index (Phi) is 3.26. The second-order valence-corrected chi connectivity index (χ2v) is 4.60. The summed E-state index contributed by atoms with van der Waals surface area (Å²) in [5, 5.41) is 18.1. The van der Waals surface area contributed by atoms with E-state index >= 15 is 0 Å². The number of hydrogen-bond acceptors (Lipinski definition) is 3. The highest BCUT2D eigenvalue weighted by Crippen LogP contribution is 2.17. The van der Waals surface area contributed by atoms with E-state index in [1.807, 2.05) is 10.6 Å². The molecule has 20 heavy (non-hydrogen) atoms. The smallest absolute Gasteiger partial charge is 0.423 e. The van der Waals surface area contributed by atoms with Gasteiger partial charge in [-0.15, -0.1) is 0 Å². The number of rotatable bonds is 3. The fourth-order valence-electron chi connectivity index (χ4n) is 2.17. The summed E-state index contributed by atoms with van der Waals surface area (Å²) in [5.41, 5.74) is 2.50. The standard InChI is InChI=1S/C14H12BFN2O2/c16-12-2-1-3-13-14(12)17-9-18(13)8-10-4-6-11(7-5-10)15(19)20/h1-7,9,19-20H,8H2. The Bertz CT molecular complexity index is 741. The molecule has 0 fully saturated rings. The van der Waals surface area contributed by atoms with E-state index in [9.17, 15) is 4.39 Å². The van der Waals surface area contributed by atoms with Gasteiger partial charge in [-0.3, -0.25) is 0 Å². The molecule has 3 aromatic rings. The van der Waals surface area contributed by atoms with Crippen LogP contribution in [0.5, 0.6) is 0 Å². The molecule has 6 heteroatoms. The van der Waals surface area contributed by atoms with Crippen LogP contribution in [0.4, 0.5) is 4.39 Å². The quantitative estimate of drug-likeness (QED) is 0.695. The Morgan fingerprint density at radius 2 is 1.85 bits per heavy atom. The maximum absolute atomic E-state index is 13.5. The van der Waals surface area contributed by atoms with Gasteiger partial charge in [0.05, 0.1) is 11.8 Å². The second kappa shape index (κ2) is 5.07. The fraction of sp³-hybridized carbons (Fsp3) is 0.0714. The molecule has 0 spiro atoms. The van der Waals surface area contributed by atoms with Crippen LogP contribution in [0, 0.1) is 5.82 Å². The van der Waals surface area contributed by atoms with Crippen LogP contribution in [0.3, 0.4) is 0 Å². The molecule has 2 aromatic carbocycles. The number of halogens is 1. The molecule has 1 heterocycles. The highest BCUT2D eigenvalue weighted by Gasteiger charge is 2.10. The van der Waals surface area contributed by atoms with Crippen LogP contribution in [-0.2, 0) is 6.54 Å². The molecule has 0 amide bonds. The van der Waals surface area contributed by atoms with Gasteiger partial charge in [-0.2, -0.15) is 0 Å². The monoisotopic (exact) mass is 270 g/mol. The molecule has 2 N–H and O–H groups in total. The first-order chi connectivity index (χ1) is 9.65. The molecule has 0 unspecified atom stereocenters. The van der Waals surface area contributed by atoms with Gasteiger partial charge < -0.3 is 14.6 Å². The lowest BCUT2D eigenvalue weighted by molar-refractivity contribution is 0.426. The number of para-hydroxylation sites is 1. The van der Waals surface area contributed by atoms with Gasteiger partial charge in [0.2, 0.25) is 0 Å². The zero-order valence-electron chi connectivity index (χ0n) is 10.6. The van der Waals surface area contributed by atoms with Crippen molar-refractivity contribution in [2.45, 2.75) is 6.54 Å². The van der Waals surface area contributed by atoms with Crippen molar-refractivity contribution < 1.29 is 14.4 Å². The summed E-state index contributed by atoms with van der Waals surface area (Å²) in [6, 6.07) is 11.8. The molecule has 3 rings (SSSR count). The lowest BCUT2D eigenvalue weighted by Gasteiger charge is -2.06. The summed E-state index contributed by atoms with van der Waals surface area (Å²) in [5.74, 6) is -0.333. The SMILES string of the molecule is OB(O)c1ccc(Cn2cnc3c(F)cccc32)cc1. The van der Waals surface area contributed by atoms with Gasteiger partial charge in [-0.25, -0.2) is 9.37 Å². The van der Waals surface area contributed by atoms with Crippen molar-refractivity contribution in [1.82, 2.24) is 9.55 Å². The minimum absolute atomic E-state index is 0.333. The van der Waals surface area contributed by atoms with E-state index in [-0.39, 0.29) is 5.82 Å². The van der Waals surface area contributed by atoms with Crippen molar-refractivity contribution in [3.05, 3.63) is 60.2 Å². The molecule has 0 atom stereocenters. The number of hydrogen-bond donors (Lipinski definition) is 2. The Morgan fingerprint density at radius 3 is 2.55 bits per heavy atom. The van der Waals surface area contributed by atoms with Crippen LogP contribution in [0.15, 0.2) is 48.8 Å². The minimum atomic E-state index is -1.47. The van der Waals surface area contributed by atoms with Crippen molar-refractivity contribution in [2.24, 2.45) is 0 Å². The molecule has 0 aliphatic rings. The van der Waals surface area contributed by atoms with Gasteiger partial charge in [-0.1, -0.05) is 30.3 Å². The average Bonchev–Trinajstić information content (AvgIpc) is 2.84. The Labute approximate surface area is 115 Å². The Hall–Kier alpha value is -2.18. The van der Waals surface area contributed by atoms with Crippen LogP contribution < -0.4 is 5.46 Å². The van der Waals surface area contributed by atoms with E-state index in [1.165, 1.54) is 6.07 Å². The van der Waals surface area contributed by atoms with Crippen molar-refractivity contribution in [3.63, 3.8) is 0 Å². The number of imidazole rings is 1. The molecule has 0 aliphatic carbocycles. The summed E-state index contributed by atoms with van der Waals surface area (Å²) in [4.78, 5) is 4.07. The molecular formula is C14H12BFN2O2. The van der Waals surface area contributed by atoms with E-state index in [0.29, 0.717) is 17.5 Å². The second-order valence-electron chi connectivity index (χ2n) is 4.60. The van der Waals surface area contributed by atoms with E-state index in [0.717, 1.165) is 11.1 Å². The summed E-state index contributed by atoms with van der Waals surface area (Å²) < 4.78 is 15.4. The molecular weight excluding hydrogens is 258 g/mol. The van der Waals surface area contributed by atoms with Gasteiger partial charge in [0, 0.05) is 6.54 Å².